The van der Waals surface area contributed by atoms with Crippen molar-refractivity contribution in [2.75, 3.05) is 0 Å². The topological polar surface area (TPSA) is 34.1 Å². The van der Waals surface area contributed by atoms with Gasteiger partial charge in [0, 0.05) is 4.75 Å². The third-order valence-corrected chi connectivity index (χ3v) is 2.71. The number of unbranched alkanes of at least 4 members (excludes halogenated alkanes) is 1. The molecule has 0 aromatic carbocycles. The number of hydrogen-bond acceptors (Lipinski definition) is 3. The number of ketones is 1. The second-order valence-corrected chi connectivity index (χ2v) is 6.69. The Bertz CT molecular complexity index is 309. The fraction of sp³-hybridized carbons (Fsp3) is 0.571. The summed E-state index contributed by atoms with van der Waals surface area (Å²) in [5, 5.41) is -0.0651. The lowest BCUT2D eigenvalue weighted by Gasteiger charge is -2.15. The van der Waals surface area contributed by atoms with E-state index in [1.807, 2.05) is 32.9 Å². The summed E-state index contributed by atoms with van der Waals surface area (Å²) in [6.07, 6.45) is 9.12. The highest BCUT2D eigenvalue weighted by Crippen LogP contribution is 2.25. The molecule has 0 amide bonds. The Morgan fingerprint density at radius 3 is 2.35 bits per heavy atom. The highest BCUT2D eigenvalue weighted by atomic mass is 32.2. The van der Waals surface area contributed by atoms with Crippen LogP contribution < -0.4 is 0 Å². The van der Waals surface area contributed by atoms with Gasteiger partial charge in [-0.25, -0.2) is 0 Å². The highest BCUT2D eigenvalue weighted by molar-refractivity contribution is 8.14. The minimum absolute atomic E-state index is 0.0138. The summed E-state index contributed by atoms with van der Waals surface area (Å²) in [4.78, 5) is 22.9. The predicted octanol–water partition coefficient (Wildman–Crippen LogP) is 3.92. The van der Waals surface area contributed by atoms with Crippen LogP contribution in [0.25, 0.3) is 0 Å². The van der Waals surface area contributed by atoms with Gasteiger partial charge in [0.25, 0.3) is 0 Å². The van der Waals surface area contributed by atoms with Gasteiger partial charge in [-0.15, -0.1) is 0 Å². The van der Waals surface area contributed by atoms with Crippen LogP contribution in [0, 0.1) is 0 Å². The maximum Gasteiger partial charge on any atom is 0.197 e. The molecule has 0 spiro atoms. The van der Waals surface area contributed by atoms with Crippen LogP contribution in [0.2, 0.25) is 0 Å². The van der Waals surface area contributed by atoms with E-state index in [2.05, 4.69) is 6.92 Å². The molecule has 96 valence electrons. The number of carbonyl (C=O) groups is 2. The Kier molecular flexibility index (Phi) is 7.88. The van der Waals surface area contributed by atoms with E-state index >= 15 is 0 Å². The zero-order valence-corrected chi connectivity index (χ0v) is 12.0. The summed E-state index contributed by atoms with van der Waals surface area (Å²) in [5.41, 5.74) is 0. The molecule has 3 heteroatoms. The van der Waals surface area contributed by atoms with Gasteiger partial charge in [0.05, 0.1) is 6.42 Å². The van der Waals surface area contributed by atoms with E-state index in [4.69, 9.17) is 0 Å². The van der Waals surface area contributed by atoms with E-state index < -0.39 is 0 Å². The molecule has 0 radical (unpaired) electrons. The second kappa shape index (κ2) is 8.29. The first-order chi connectivity index (χ1) is 7.85. The molecule has 0 heterocycles. The van der Waals surface area contributed by atoms with Crippen molar-refractivity contribution in [1.82, 2.24) is 0 Å². The molecule has 2 nitrogen and oxygen atoms in total. The highest BCUT2D eigenvalue weighted by Gasteiger charge is 2.17. The lowest BCUT2D eigenvalue weighted by Crippen LogP contribution is -2.13. The minimum Gasteiger partial charge on any atom is -0.294 e. The summed E-state index contributed by atoms with van der Waals surface area (Å²) in [7, 11) is 0. The van der Waals surface area contributed by atoms with Gasteiger partial charge in [0.1, 0.15) is 0 Å². The number of rotatable bonds is 6. The maximum atomic E-state index is 11.5. The summed E-state index contributed by atoms with van der Waals surface area (Å²) in [6, 6.07) is 0. The molecule has 0 fully saturated rings. The van der Waals surface area contributed by atoms with Crippen molar-refractivity contribution in [3.63, 3.8) is 0 Å². The van der Waals surface area contributed by atoms with Gasteiger partial charge in [-0.3, -0.25) is 9.59 Å². The SMILES string of the molecule is CCC/C=C/C=C/C(=O)CC(=O)SC(C)(C)C. The molecular formula is C14H22O2S. The largest absolute Gasteiger partial charge is 0.294 e. The van der Waals surface area contributed by atoms with E-state index in [1.165, 1.54) is 17.8 Å². The van der Waals surface area contributed by atoms with E-state index in [0.29, 0.717) is 0 Å². The Labute approximate surface area is 109 Å². The van der Waals surface area contributed by atoms with E-state index in [9.17, 15) is 9.59 Å². The molecule has 0 aliphatic heterocycles. The van der Waals surface area contributed by atoms with Crippen LogP contribution in [-0.4, -0.2) is 15.6 Å². The molecule has 0 saturated heterocycles. The lowest BCUT2D eigenvalue weighted by atomic mass is 10.2. The average molecular weight is 254 g/mol. The Morgan fingerprint density at radius 1 is 1.18 bits per heavy atom. The van der Waals surface area contributed by atoms with Crippen LogP contribution in [0.5, 0.6) is 0 Å². The van der Waals surface area contributed by atoms with Gasteiger partial charge in [-0.2, -0.15) is 0 Å². The van der Waals surface area contributed by atoms with E-state index in [1.54, 1.807) is 6.08 Å². The van der Waals surface area contributed by atoms with E-state index in [0.717, 1.165) is 12.8 Å². The zero-order valence-electron chi connectivity index (χ0n) is 11.2. The van der Waals surface area contributed by atoms with Crippen LogP contribution in [0.3, 0.4) is 0 Å². The summed E-state index contributed by atoms with van der Waals surface area (Å²) in [6.45, 7) is 7.98. The normalized spacial score (nSPS) is 12.5. The van der Waals surface area contributed by atoms with Crippen LogP contribution in [0.4, 0.5) is 0 Å². The van der Waals surface area contributed by atoms with Gasteiger partial charge in [-0.1, -0.05) is 64.1 Å². The first-order valence-electron chi connectivity index (χ1n) is 5.93. The van der Waals surface area contributed by atoms with Gasteiger partial charge in [0.15, 0.2) is 10.9 Å². The van der Waals surface area contributed by atoms with Crippen molar-refractivity contribution in [2.45, 2.75) is 51.7 Å². The average Bonchev–Trinajstić information content (AvgIpc) is 2.14. The first-order valence-corrected chi connectivity index (χ1v) is 6.74. The number of allylic oxidation sites excluding steroid dienone is 4. The van der Waals surface area contributed by atoms with Crippen molar-refractivity contribution in [3.8, 4) is 0 Å². The predicted molar refractivity (Wildman–Crippen MR) is 75.2 cm³/mol. The number of hydrogen-bond donors (Lipinski definition) is 0. The molecule has 17 heavy (non-hydrogen) atoms. The monoisotopic (exact) mass is 254 g/mol. The molecule has 0 N–H and O–H groups in total. The number of carbonyl (C=O) groups excluding carboxylic acids is 2. The molecule has 0 aromatic rings. The standard InChI is InChI=1S/C14H22O2S/c1-5-6-7-8-9-10-12(15)11-13(16)17-14(2,3)4/h7-10H,5-6,11H2,1-4H3/b8-7+,10-9+. The Hall–Kier alpha value is -0.830. The minimum atomic E-state index is -0.132. The maximum absolute atomic E-state index is 11.5. The molecule has 0 rings (SSSR count). The van der Waals surface area contributed by atoms with Gasteiger partial charge >= 0.3 is 0 Å². The van der Waals surface area contributed by atoms with Gasteiger partial charge in [-0.05, 0) is 12.5 Å². The quantitative estimate of drug-likeness (QED) is 0.409. The third kappa shape index (κ3) is 11.4. The molecule has 0 bridgehead atoms. The zero-order chi connectivity index (χ0) is 13.3. The third-order valence-electron chi connectivity index (χ3n) is 1.72. The second-order valence-electron chi connectivity index (χ2n) is 4.81. The molecule has 0 atom stereocenters. The number of thioether (sulfide) groups is 1. The molecule has 0 aromatic heterocycles. The van der Waals surface area contributed by atoms with Crippen LogP contribution in [0.15, 0.2) is 24.3 Å². The summed E-state index contributed by atoms with van der Waals surface area (Å²) >= 11 is 1.22. The van der Waals surface area contributed by atoms with Crippen molar-refractivity contribution in [1.29, 1.82) is 0 Å². The fourth-order valence-electron chi connectivity index (χ4n) is 1.08. The molecular weight excluding hydrogens is 232 g/mol. The van der Waals surface area contributed by atoms with Crippen LogP contribution in [0.1, 0.15) is 47.0 Å². The van der Waals surface area contributed by atoms with Crippen molar-refractivity contribution in [3.05, 3.63) is 24.3 Å². The first kappa shape index (κ1) is 16.2. The molecule has 0 aliphatic rings. The smallest absolute Gasteiger partial charge is 0.197 e. The fourth-order valence-corrected chi connectivity index (χ4v) is 1.98. The van der Waals surface area contributed by atoms with Crippen molar-refractivity contribution < 1.29 is 9.59 Å². The lowest BCUT2D eigenvalue weighted by molar-refractivity contribution is -0.120. The molecule has 0 saturated carbocycles. The van der Waals surface area contributed by atoms with E-state index in [-0.39, 0.29) is 22.1 Å². The Morgan fingerprint density at radius 2 is 1.82 bits per heavy atom. The van der Waals surface area contributed by atoms with Crippen molar-refractivity contribution >= 4 is 22.7 Å². The van der Waals surface area contributed by atoms with Crippen molar-refractivity contribution in [2.24, 2.45) is 0 Å². The summed E-state index contributed by atoms with van der Waals surface area (Å²) in [5.74, 6) is -0.132. The summed E-state index contributed by atoms with van der Waals surface area (Å²) < 4.78 is -0.123. The van der Waals surface area contributed by atoms with Crippen LogP contribution in [-0.2, 0) is 9.59 Å². The van der Waals surface area contributed by atoms with Crippen LogP contribution >= 0.6 is 11.8 Å². The molecule has 0 unspecified atom stereocenters. The van der Waals surface area contributed by atoms with Gasteiger partial charge in [0.2, 0.25) is 0 Å². The Balaban J connectivity index is 3.98. The molecule has 0 aliphatic carbocycles. The van der Waals surface area contributed by atoms with Gasteiger partial charge < -0.3 is 0 Å².